The molecule has 0 saturated carbocycles. The zero-order valence-electron chi connectivity index (χ0n) is 25.5. The van der Waals surface area contributed by atoms with Crippen LogP contribution in [0.2, 0.25) is 0 Å². The van der Waals surface area contributed by atoms with Gasteiger partial charge in [0.2, 0.25) is 0 Å². The summed E-state index contributed by atoms with van der Waals surface area (Å²) in [4.78, 5) is 2.40. The average molecular weight is 636 g/mol. The molecular weight excluding hydrogens is 607 g/mol. The van der Waals surface area contributed by atoms with Gasteiger partial charge in [0.05, 0.1) is 5.69 Å². The van der Waals surface area contributed by atoms with Crippen LogP contribution in [0.3, 0.4) is 0 Å². The predicted molar refractivity (Wildman–Crippen MR) is 206 cm³/mol. The molecule has 0 bridgehead atoms. The van der Waals surface area contributed by atoms with Crippen molar-refractivity contribution in [2.75, 3.05) is 4.90 Å². The molecule has 3 heteroatoms. The molecule has 0 atom stereocenters. The molecule has 47 heavy (non-hydrogen) atoms. The molecule has 0 fully saturated rings. The Morgan fingerprint density at radius 1 is 0.404 bits per heavy atom. The maximum Gasteiger partial charge on any atom is 0.0540 e. The third kappa shape index (κ3) is 5.01. The summed E-state index contributed by atoms with van der Waals surface area (Å²) in [5, 5.41) is 6.08. The molecule has 222 valence electrons. The quantitative estimate of drug-likeness (QED) is 0.176. The Morgan fingerprint density at radius 2 is 1.02 bits per heavy atom. The van der Waals surface area contributed by atoms with Gasteiger partial charge in [-0.1, -0.05) is 115 Å². The second-order valence-corrected chi connectivity index (χ2v) is 13.8. The third-order valence-electron chi connectivity index (χ3n) is 8.98. The van der Waals surface area contributed by atoms with E-state index in [0.29, 0.717) is 0 Å². The second kappa shape index (κ2) is 11.7. The Labute approximate surface area is 282 Å². The molecule has 9 aromatic rings. The zero-order chi connectivity index (χ0) is 31.2. The molecule has 0 N–H and O–H groups in total. The first-order chi connectivity index (χ1) is 23.3. The van der Waals surface area contributed by atoms with Gasteiger partial charge in [-0.05, 0) is 87.6 Å². The smallest absolute Gasteiger partial charge is 0.0540 e. The molecule has 0 saturated heterocycles. The Balaban J connectivity index is 1.20. The van der Waals surface area contributed by atoms with Gasteiger partial charge >= 0.3 is 0 Å². The minimum Gasteiger partial charge on any atom is -0.310 e. The van der Waals surface area contributed by atoms with Crippen LogP contribution >= 0.6 is 22.7 Å². The number of thiophene rings is 2. The van der Waals surface area contributed by atoms with E-state index in [1.54, 1.807) is 11.3 Å². The molecular formula is C44H29NS2. The molecule has 7 aromatic carbocycles. The molecule has 0 aliphatic rings. The summed E-state index contributed by atoms with van der Waals surface area (Å²) in [6.07, 6.45) is 0. The summed E-state index contributed by atoms with van der Waals surface area (Å²) in [7, 11) is 0. The standard InChI is InChI=1S/C44H29NS2/c1-2-9-30(10-3-1)31-17-22-35(23-18-31)45(36-24-19-32(20-25-36)33-21-26-42-34(29-33)27-28-46-42)41-15-6-4-11-37(41)39-13-8-14-40-38-12-5-7-16-43(38)47-44(39)40/h1-29H. The zero-order valence-corrected chi connectivity index (χ0v) is 27.1. The van der Waals surface area contributed by atoms with Crippen LogP contribution in [0.15, 0.2) is 175 Å². The van der Waals surface area contributed by atoms with Gasteiger partial charge in [-0.15, -0.1) is 22.7 Å². The number of hydrogen-bond acceptors (Lipinski definition) is 3. The first kappa shape index (κ1) is 27.8. The lowest BCUT2D eigenvalue weighted by Gasteiger charge is -2.28. The van der Waals surface area contributed by atoms with Crippen LogP contribution < -0.4 is 4.90 Å². The number of rotatable bonds is 6. The predicted octanol–water partition coefficient (Wildman–Crippen LogP) is 13.7. The number of anilines is 3. The summed E-state index contributed by atoms with van der Waals surface area (Å²) in [5.41, 5.74) is 10.7. The molecule has 0 spiro atoms. The van der Waals surface area contributed by atoms with Crippen LogP contribution in [0.1, 0.15) is 0 Å². The highest BCUT2D eigenvalue weighted by molar-refractivity contribution is 7.26. The molecule has 2 aromatic heterocycles. The van der Waals surface area contributed by atoms with Gasteiger partial charge in [0, 0.05) is 47.4 Å². The molecule has 2 heterocycles. The SMILES string of the molecule is c1ccc(-c2ccc(N(c3ccc(-c4ccc5sccc5c4)cc3)c3ccccc3-c3cccc4c3sc3ccccc34)cc2)cc1. The van der Waals surface area contributed by atoms with E-state index in [9.17, 15) is 0 Å². The fraction of sp³-hybridized carbons (Fsp3) is 0. The number of benzene rings is 7. The summed E-state index contributed by atoms with van der Waals surface area (Å²) in [6, 6.07) is 61.8. The molecule has 0 aliphatic heterocycles. The van der Waals surface area contributed by atoms with Crippen LogP contribution in [0.5, 0.6) is 0 Å². The van der Waals surface area contributed by atoms with Crippen molar-refractivity contribution in [3.63, 3.8) is 0 Å². The topological polar surface area (TPSA) is 3.24 Å². The lowest BCUT2D eigenvalue weighted by Crippen LogP contribution is -2.11. The number of fused-ring (bicyclic) bond motifs is 4. The van der Waals surface area contributed by atoms with E-state index in [1.807, 2.05) is 11.3 Å². The van der Waals surface area contributed by atoms with Crippen molar-refractivity contribution in [2.24, 2.45) is 0 Å². The van der Waals surface area contributed by atoms with Crippen molar-refractivity contribution >= 4 is 70.0 Å². The maximum atomic E-state index is 2.40. The van der Waals surface area contributed by atoms with Crippen molar-refractivity contribution in [1.29, 1.82) is 0 Å². The van der Waals surface area contributed by atoms with Crippen LogP contribution in [0, 0.1) is 0 Å². The third-order valence-corrected chi connectivity index (χ3v) is 11.1. The van der Waals surface area contributed by atoms with Gasteiger partial charge in [0.15, 0.2) is 0 Å². The lowest BCUT2D eigenvalue weighted by molar-refractivity contribution is 1.28. The van der Waals surface area contributed by atoms with E-state index in [2.05, 4.69) is 180 Å². The average Bonchev–Trinajstić information content (AvgIpc) is 3.78. The van der Waals surface area contributed by atoms with Crippen molar-refractivity contribution in [2.45, 2.75) is 0 Å². The van der Waals surface area contributed by atoms with Gasteiger partial charge in [-0.2, -0.15) is 0 Å². The largest absolute Gasteiger partial charge is 0.310 e. The van der Waals surface area contributed by atoms with E-state index in [1.165, 1.54) is 63.6 Å². The molecule has 0 radical (unpaired) electrons. The highest BCUT2D eigenvalue weighted by Gasteiger charge is 2.19. The lowest BCUT2D eigenvalue weighted by atomic mass is 9.99. The fourth-order valence-electron chi connectivity index (χ4n) is 6.67. The van der Waals surface area contributed by atoms with Gasteiger partial charge in [-0.3, -0.25) is 0 Å². The number of para-hydroxylation sites is 1. The normalized spacial score (nSPS) is 11.4. The summed E-state index contributed by atoms with van der Waals surface area (Å²) < 4.78 is 3.96. The van der Waals surface area contributed by atoms with E-state index >= 15 is 0 Å². The van der Waals surface area contributed by atoms with Gasteiger partial charge in [-0.25, -0.2) is 0 Å². The van der Waals surface area contributed by atoms with Gasteiger partial charge < -0.3 is 4.90 Å². The van der Waals surface area contributed by atoms with Crippen LogP contribution in [0.25, 0.3) is 63.6 Å². The summed E-state index contributed by atoms with van der Waals surface area (Å²) >= 11 is 3.67. The molecule has 1 nitrogen and oxygen atoms in total. The molecule has 0 aliphatic carbocycles. The van der Waals surface area contributed by atoms with Gasteiger partial charge in [0.25, 0.3) is 0 Å². The first-order valence-electron chi connectivity index (χ1n) is 15.8. The Morgan fingerprint density at radius 3 is 1.83 bits per heavy atom. The summed E-state index contributed by atoms with van der Waals surface area (Å²) in [5.74, 6) is 0. The number of hydrogen-bond donors (Lipinski definition) is 0. The maximum absolute atomic E-state index is 2.40. The van der Waals surface area contributed by atoms with Crippen molar-refractivity contribution in [1.82, 2.24) is 0 Å². The van der Waals surface area contributed by atoms with Crippen molar-refractivity contribution in [3.8, 4) is 33.4 Å². The Kier molecular flexibility index (Phi) is 6.93. The molecule has 0 amide bonds. The highest BCUT2D eigenvalue weighted by atomic mass is 32.1. The number of nitrogens with zero attached hydrogens (tertiary/aromatic N) is 1. The van der Waals surface area contributed by atoms with Crippen molar-refractivity contribution in [3.05, 3.63) is 175 Å². The minimum atomic E-state index is 1.12. The van der Waals surface area contributed by atoms with E-state index in [0.717, 1.165) is 17.1 Å². The Hall–Kier alpha value is -5.48. The fourth-order valence-corrected chi connectivity index (χ4v) is 8.67. The van der Waals surface area contributed by atoms with Gasteiger partial charge in [0.1, 0.15) is 0 Å². The second-order valence-electron chi connectivity index (χ2n) is 11.8. The molecule has 9 rings (SSSR count). The van der Waals surface area contributed by atoms with E-state index in [4.69, 9.17) is 0 Å². The minimum absolute atomic E-state index is 1.12. The van der Waals surface area contributed by atoms with Crippen LogP contribution in [-0.2, 0) is 0 Å². The summed E-state index contributed by atoms with van der Waals surface area (Å²) in [6.45, 7) is 0. The van der Waals surface area contributed by atoms with Crippen LogP contribution in [-0.4, -0.2) is 0 Å². The molecule has 0 unspecified atom stereocenters. The van der Waals surface area contributed by atoms with Crippen molar-refractivity contribution < 1.29 is 0 Å². The van der Waals surface area contributed by atoms with E-state index < -0.39 is 0 Å². The highest BCUT2D eigenvalue weighted by Crippen LogP contribution is 2.46. The Bertz CT molecular complexity index is 2500. The first-order valence-corrected chi connectivity index (χ1v) is 17.5. The van der Waals surface area contributed by atoms with Crippen LogP contribution in [0.4, 0.5) is 17.1 Å². The van der Waals surface area contributed by atoms with E-state index in [-0.39, 0.29) is 0 Å². The monoisotopic (exact) mass is 635 g/mol.